The number of hydrogen-bond donors (Lipinski definition) is 1. The Morgan fingerprint density at radius 2 is 1.21 bits per heavy atom. The SMILES string of the molecule is [2H]C([2H])([2H])c1ccc(-c2ccnc(-c3cc(-c4cccc5c4nc(-c4cccc(-c6ccccc6)c4O)n5-c4ccc(C5([2H])CCC([2H])(c6ccccc6)CC5)cc4)cc(C(C)(C)C)c3)c2)cc1. The minimum absolute atomic E-state index is 0.133. The van der Waals surface area contributed by atoms with Gasteiger partial charge in [-0.15, -0.1) is 0 Å². The van der Waals surface area contributed by atoms with Crippen LogP contribution in [0.15, 0.2) is 182 Å². The zero-order chi connectivity index (χ0) is 47.4. The van der Waals surface area contributed by atoms with Crippen molar-refractivity contribution >= 4 is 11.0 Å². The van der Waals surface area contributed by atoms with E-state index in [-0.39, 0.29) is 11.2 Å². The monoisotopic (exact) mass is 824 g/mol. The van der Waals surface area contributed by atoms with Gasteiger partial charge >= 0.3 is 0 Å². The molecule has 0 atom stereocenters. The van der Waals surface area contributed by atoms with Crippen LogP contribution in [-0.2, 0) is 5.41 Å². The van der Waals surface area contributed by atoms with Gasteiger partial charge in [0, 0.05) is 35.4 Å². The summed E-state index contributed by atoms with van der Waals surface area (Å²) in [7, 11) is 0. The van der Waals surface area contributed by atoms with Gasteiger partial charge in [-0.3, -0.25) is 9.55 Å². The number of pyridine rings is 1. The van der Waals surface area contributed by atoms with Crippen LogP contribution in [-0.4, -0.2) is 19.6 Å². The van der Waals surface area contributed by atoms with Crippen molar-refractivity contribution < 1.29 is 12.0 Å². The van der Waals surface area contributed by atoms with E-state index in [0.717, 1.165) is 72.5 Å². The van der Waals surface area contributed by atoms with E-state index in [4.69, 9.17) is 14.1 Å². The summed E-state index contributed by atoms with van der Waals surface area (Å²) in [4.78, 5) is 10.3. The number of aryl methyl sites for hydroxylation is 1. The van der Waals surface area contributed by atoms with Crippen LogP contribution in [0.4, 0.5) is 0 Å². The van der Waals surface area contributed by atoms with Crippen molar-refractivity contribution in [2.45, 2.75) is 70.5 Å². The molecule has 0 saturated heterocycles. The van der Waals surface area contributed by atoms with Gasteiger partial charge in [0.2, 0.25) is 0 Å². The third kappa shape index (κ3) is 7.98. The third-order valence-electron chi connectivity index (χ3n) is 12.6. The molecule has 2 heterocycles. The van der Waals surface area contributed by atoms with Gasteiger partial charge < -0.3 is 5.11 Å². The van der Waals surface area contributed by atoms with E-state index < -0.39 is 18.6 Å². The summed E-state index contributed by atoms with van der Waals surface area (Å²) in [5.41, 5.74) is 13.3. The van der Waals surface area contributed by atoms with Crippen molar-refractivity contribution in [3.8, 4) is 67.5 Å². The smallest absolute Gasteiger partial charge is 0.149 e. The van der Waals surface area contributed by atoms with Gasteiger partial charge in [-0.25, -0.2) is 4.98 Å². The molecular formula is C59H53N3O. The Hall–Kier alpha value is -7.04. The predicted molar refractivity (Wildman–Crippen MR) is 262 cm³/mol. The Kier molecular flexibility index (Phi) is 9.14. The van der Waals surface area contributed by atoms with Crippen LogP contribution in [0.1, 0.15) is 87.4 Å². The lowest BCUT2D eigenvalue weighted by Crippen LogP contribution is -2.12. The van der Waals surface area contributed by atoms with Crippen molar-refractivity contribution in [2.24, 2.45) is 0 Å². The minimum atomic E-state index is -2.18. The van der Waals surface area contributed by atoms with E-state index >= 15 is 0 Å². The van der Waals surface area contributed by atoms with Crippen molar-refractivity contribution in [1.82, 2.24) is 14.5 Å². The molecule has 4 heteroatoms. The molecule has 0 amide bonds. The van der Waals surface area contributed by atoms with E-state index in [9.17, 15) is 7.85 Å². The summed E-state index contributed by atoms with van der Waals surface area (Å²) in [6.45, 7) is 4.43. The van der Waals surface area contributed by atoms with E-state index in [0.29, 0.717) is 48.2 Å². The number of aromatic nitrogens is 3. The lowest BCUT2D eigenvalue weighted by molar-refractivity contribution is 0.396. The van der Waals surface area contributed by atoms with Crippen LogP contribution in [0.2, 0.25) is 0 Å². The van der Waals surface area contributed by atoms with Crippen LogP contribution in [0.25, 0.3) is 72.7 Å². The van der Waals surface area contributed by atoms with E-state index in [1.807, 2.05) is 97.1 Å². The number of phenolic OH excluding ortho intramolecular Hbond substituents is 1. The lowest BCUT2D eigenvalue weighted by atomic mass is 9.76. The lowest BCUT2D eigenvalue weighted by Gasteiger charge is -2.29. The summed E-state index contributed by atoms with van der Waals surface area (Å²) in [5, 5.41) is 12.2. The number of benzene rings is 7. The first-order chi connectivity index (χ1) is 32.6. The van der Waals surface area contributed by atoms with Crippen LogP contribution in [0.5, 0.6) is 5.75 Å². The average Bonchev–Trinajstić information content (AvgIpc) is 3.75. The number of aromatic hydroxyl groups is 1. The van der Waals surface area contributed by atoms with Crippen LogP contribution in [0.3, 0.4) is 0 Å². The zero-order valence-corrected chi connectivity index (χ0v) is 35.9. The molecule has 0 spiro atoms. The molecule has 1 fully saturated rings. The number of imidazole rings is 1. The van der Waals surface area contributed by atoms with Crippen molar-refractivity contribution in [3.05, 3.63) is 204 Å². The van der Waals surface area contributed by atoms with Gasteiger partial charge in [0.1, 0.15) is 11.6 Å². The second kappa shape index (κ2) is 16.7. The maximum Gasteiger partial charge on any atom is 0.149 e. The maximum atomic E-state index is 12.2. The highest BCUT2D eigenvalue weighted by Gasteiger charge is 2.26. The second-order valence-electron chi connectivity index (χ2n) is 17.7. The second-order valence-corrected chi connectivity index (χ2v) is 17.7. The number of fused-ring (bicyclic) bond motifs is 1. The molecule has 1 N–H and O–H groups in total. The fourth-order valence-electron chi connectivity index (χ4n) is 9.09. The minimum Gasteiger partial charge on any atom is -0.507 e. The fourth-order valence-corrected chi connectivity index (χ4v) is 9.09. The molecule has 0 aliphatic heterocycles. The van der Waals surface area contributed by atoms with Crippen molar-refractivity contribution in [3.63, 3.8) is 0 Å². The highest BCUT2D eigenvalue weighted by molar-refractivity contribution is 5.97. The molecule has 63 heavy (non-hydrogen) atoms. The van der Waals surface area contributed by atoms with Crippen LogP contribution in [0, 0.1) is 6.85 Å². The largest absolute Gasteiger partial charge is 0.507 e. The van der Waals surface area contributed by atoms with Gasteiger partial charge in [-0.1, -0.05) is 154 Å². The molecule has 1 aliphatic carbocycles. The molecule has 10 rings (SSSR count). The fraction of sp³-hybridized carbons (Fsp3) is 0.186. The topological polar surface area (TPSA) is 50.9 Å². The Morgan fingerprint density at radius 3 is 1.90 bits per heavy atom. The van der Waals surface area contributed by atoms with E-state index in [1.54, 1.807) is 18.3 Å². The van der Waals surface area contributed by atoms with Gasteiger partial charge in [0.25, 0.3) is 0 Å². The van der Waals surface area contributed by atoms with E-state index in [1.165, 1.54) is 0 Å². The van der Waals surface area contributed by atoms with Gasteiger partial charge in [-0.2, -0.15) is 0 Å². The molecule has 1 saturated carbocycles. The quantitative estimate of drug-likeness (QED) is 0.166. The molecule has 0 unspecified atom stereocenters. The van der Waals surface area contributed by atoms with Crippen molar-refractivity contribution in [1.29, 1.82) is 0 Å². The Morgan fingerprint density at radius 1 is 0.571 bits per heavy atom. The third-order valence-corrected chi connectivity index (χ3v) is 12.6. The number of phenols is 1. The average molecular weight is 825 g/mol. The molecule has 7 aromatic carbocycles. The summed E-state index contributed by atoms with van der Waals surface area (Å²) >= 11 is 0. The summed E-state index contributed by atoms with van der Waals surface area (Å²) in [5.74, 6) is -0.799. The maximum absolute atomic E-state index is 12.2. The first-order valence-electron chi connectivity index (χ1n) is 24.4. The predicted octanol–water partition coefficient (Wildman–Crippen LogP) is 15.5. The first kappa shape index (κ1) is 34.5. The molecule has 0 radical (unpaired) electrons. The molecule has 310 valence electrons. The first-order valence-corrected chi connectivity index (χ1v) is 21.9. The number of nitrogens with zero attached hydrogens (tertiary/aromatic N) is 3. The Bertz CT molecular complexity index is 3270. The van der Waals surface area contributed by atoms with Gasteiger partial charge in [0.05, 0.1) is 22.3 Å². The summed E-state index contributed by atoms with van der Waals surface area (Å²) in [6.07, 6.45) is 4.19. The summed E-state index contributed by atoms with van der Waals surface area (Å²) < 4.78 is 44.6. The molecule has 1 aliphatic rings. The number of para-hydroxylation sites is 2. The van der Waals surface area contributed by atoms with Crippen LogP contribution < -0.4 is 0 Å². The standard InChI is InChI=1S/C59H53N3O/c1-39-21-23-44(24-22-39)46-33-34-60-54(38-46)48-35-47(36-49(37-48)59(2,3)4)51-17-12-20-55-56(51)61-58(53-19-11-18-52(57(53)63)45-15-9-6-10-16-45)62(55)50-31-29-43(30-32-50)42-27-25-41(26-28-42)40-13-7-5-8-14-40/h5-24,29-38,41-42,63H,25-28H2,1-4H3/i1D3,41D,42D. The molecule has 9 aromatic rings. The van der Waals surface area contributed by atoms with Crippen molar-refractivity contribution in [2.75, 3.05) is 0 Å². The zero-order valence-electron chi connectivity index (χ0n) is 40.9. The highest BCUT2D eigenvalue weighted by atomic mass is 16.3. The van der Waals surface area contributed by atoms with E-state index in [2.05, 4.69) is 92.1 Å². The van der Waals surface area contributed by atoms with Gasteiger partial charge in [-0.05, 0) is 137 Å². The Balaban J connectivity index is 1.10. The number of hydrogen-bond acceptors (Lipinski definition) is 3. The number of rotatable bonds is 8. The summed E-state index contributed by atoms with van der Waals surface area (Å²) in [6, 6.07) is 57.8. The molecule has 4 nitrogen and oxygen atoms in total. The normalized spacial score (nSPS) is 19.1. The van der Waals surface area contributed by atoms with Crippen LogP contribution >= 0.6 is 0 Å². The molecule has 2 aromatic heterocycles. The highest BCUT2D eigenvalue weighted by Crippen LogP contribution is 2.44. The van der Waals surface area contributed by atoms with Gasteiger partial charge in [0.15, 0.2) is 0 Å². The molecular weight excluding hydrogens is 767 g/mol. The Labute approximate surface area is 378 Å². The molecule has 0 bridgehead atoms.